The van der Waals surface area contributed by atoms with E-state index in [9.17, 15) is 13.2 Å². The number of carbonyl (C=O) groups is 1. The molecule has 0 saturated heterocycles. The van der Waals surface area contributed by atoms with Crippen molar-refractivity contribution >= 4 is 33.2 Å². The number of halogens is 1. The lowest BCUT2D eigenvalue weighted by atomic mass is 10.0. The molecule has 0 saturated carbocycles. The van der Waals surface area contributed by atoms with Crippen molar-refractivity contribution in [3.8, 4) is 0 Å². The van der Waals surface area contributed by atoms with Crippen LogP contribution in [0.3, 0.4) is 0 Å². The SMILES string of the molecule is C[C@H](CNC(=O)c1ccc(N(Cc2ccc(Cl)cc2)S(C)(=O)=O)cc1)c1ccccc1. The Morgan fingerprint density at radius 3 is 2.16 bits per heavy atom. The van der Waals surface area contributed by atoms with Gasteiger partial charge in [-0.15, -0.1) is 0 Å². The van der Waals surface area contributed by atoms with E-state index in [0.29, 0.717) is 22.8 Å². The molecule has 162 valence electrons. The van der Waals surface area contributed by atoms with Crippen molar-refractivity contribution in [2.24, 2.45) is 0 Å². The first-order valence-corrected chi connectivity index (χ1v) is 12.1. The highest BCUT2D eigenvalue weighted by Gasteiger charge is 2.18. The number of carbonyl (C=O) groups excluding carboxylic acids is 1. The van der Waals surface area contributed by atoms with E-state index >= 15 is 0 Å². The summed E-state index contributed by atoms with van der Waals surface area (Å²) in [6.45, 7) is 2.74. The second-order valence-electron chi connectivity index (χ2n) is 7.46. The van der Waals surface area contributed by atoms with Gasteiger partial charge in [-0.05, 0) is 53.4 Å². The molecule has 0 unspecified atom stereocenters. The Kier molecular flexibility index (Phi) is 7.36. The number of rotatable bonds is 8. The zero-order valence-corrected chi connectivity index (χ0v) is 19.0. The molecule has 3 rings (SSSR count). The molecule has 0 radical (unpaired) electrons. The van der Waals surface area contributed by atoms with Gasteiger partial charge in [-0.25, -0.2) is 8.42 Å². The summed E-state index contributed by atoms with van der Waals surface area (Å²) in [6, 6.07) is 23.6. The third-order valence-electron chi connectivity index (χ3n) is 4.99. The molecule has 0 aliphatic heterocycles. The lowest BCUT2D eigenvalue weighted by Crippen LogP contribution is -2.30. The molecule has 7 heteroatoms. The van der Waals surface area contributed by atoms with Crippen LogP contribution in [0.1, 0.15) is 34.3 Å². The van der Waals surface area contributed by atoms with E-state index in [-0.39, 0.29) is 18.4 Å². The first-order chi connectivity index (χ1) is 14.7. The van der Waals surface area contributed by atoms with E-state index in [0.717, 1.165) is 17.4 Å². The number of benzene rings is 3. The van der Waals surface area contributed by atoms with Gasteiger partial charge in [0.1, 0.15) is 0 Å². The summed E-state index contributed by atoms with van der Waals surface area (Å²) < 4.78 is 26.0. The second-order valence-corrected chi connectivity index (χ2v) is 9.81. The normalized spacial score (nSPS) is 12.2. The summed E-state index contributed by atoms with van der Waals surface area (Å²) in [6.07, 6.45) is 1.16. The summed E-state index contributed by atoms with van der Waals surface area (Å²) in [7, 11) is -3.51. The molecular weight excluding hydrogens is 432 g/mol. The maximum Gasteiger partial charge on any atom is 0.251 e. The average molecular weight is 457 g/mol. The summed E-state index contributed by atoms with van der Waals surface area (Å²) in [5, 5.41) is 3.53. The van der Waals surface area contributed by atoms with Crippen molar-refractivity contribution in [1.82, 2.24) is 5.32 Å². The van der Waals surface area contributed by atoms with Gasteiger partial charge in [-0.1, -0.05) is 61.0 Å². The van der Waals surface area contributed by atoms with Crippen LogP contribution in [0.5, 0.6) is 0 Å². The topological polar surface area (TPSA) is 66.5 Å². The first-order valence-electron chi connectivity index (χ1n) is 9.89. The largest absolute Gasteiger partial charge is 0.351 e. The molecule has 0 aromatic heterocycles. The van der Waals surface area contributed by atoms with E-state index in [4.69, 9.17) is 11.6 Å². The van der Waals surface area contributed by atoms with Crippen LogP contribution in [0.15, 0.2) is 78.9 Å². The van der Waals surface area contributed by atoms with E-state index in [2.05, 4.69) is 12.2 Å². The minimum atomic E-state index is -3.51. The molecule has 1 atom stereocenters. The monoisotopic (exact) mass is 456 g/mol. The molecule has 0 aliphatic carbocycles. The molecule has 31 heavy (non-hydrogen) atoms. The number of nitrogens with zero attached hydrogens (tertiary/aromatic N) is 1. The van der Waals surface area contributed by atoms with Crippen LogP contribution < -0.4 is 9.62 Å². The smallest absolute Gasteiger partial charge is 0.251 e. The molecule has 1 amide bonds. The maximum absolute atomic E-state index is 12.5. The first kappa shape index (κ1) is 22.8. The van der Waals surface area contributed by atoms with Gasteiger partial charge in [-0.2, -0.15) is 0 Å². The second kappa shape index (κ2) is 9.98. The van der Waals surface area contributed by atoms with Gasteiger partial charge in [0.2, 0.25) is 10.0 Å². The molecule has 5 nitrogen and oxygen atoms in total. The Morgan fingerprint density at radius 1 is 0.968 bits per heavy atom. The average Bonchev–Trinajstić information content (AvgIpc) is 2.77. The predicted molar refractivity (Wildman–Crippen MR) is 126 cm³/mol. The van der Waals surface area contributed by atoms with Gasteiger partial charge in [0.25, 0.3) is 5.91 Å². The molecule has 3 aromatic carbocycles. The summed E-state index contributed by atoms with van der Waals surface area (Å²) >= 11 is 5.91. The fourth-order valence-electron chi connectivity index (χ4n) is 3.18. The third kappa shape index (κ3) is 6.32. The van der Waals surface area contributed by atoms with Crippen LogP contribution in [0, 0.1) is 0 Å². The number of nitrogens with one attached hydrogen (secondary N) is 1. The van der Waals surface area contributed by atoms with Crippen LogP contribution in [0.25, 0.3) is 0 Å². The minimum Gasteiger partial charge on any atom is -0.351 e. The Hall–Kier alpha value is -2.83. The number of hydrogen-bond donors (Lipinski definition) is 1. The zero-order chi connectivity index (χ0) is 22.4. The lowest BCUT2D eigenvalue weighted by Gasteiger charge is -2.23. The lowest BCUT2D eigenvalue weighted by molar-refractivity contribution is 0.0951. The van der Waals surface area contributed by atoms with Crippen molar-refractivity contribution in [2.75, 3.05) is 17.1 Å². The fraction of sp³-hybridized carbons (Fsp3) is 0.208. The molecule has 1 N–H and O–H groups in total. The van der Waals surface area contributed by atoms with Crippen LogP contribution in [0.4, 0.5) is 5.69 Å². The summed E-state index contributed by atoms with van der Waals surface area (Å²) in [4.78, 5) is 12.5. The Morgan fingerprint density at radius 2 is 1.58 bits per heavy atom. The molecule has 0 fully saturated rings. The number of amides is 1. The minimum absolute atomic E-state index is 0.177. The van der Waals surface area contributed by atoms with Gasteiger partial charge in [-0.3, -0.25) is 9.10 Å². The van der Waals surface area contributed by atoms with Gasteiger partial charge in [0, 0.05) is 17.1 Å². The van der Waals surface area contributed by atoms with Gasteiger partial charge >= 0.3 is 0 Å². The standard InChI is InChI=1S/C24H25ClN2O3S/c1-18(20-6-4-3-5-7-20)16-26-24(28)21-10-14-23(15-11-21)27(31(2,29)30)17-19-8-12-22(25)13-9-19/h3-15,18H,16-17H2,1-2H3,(H,26,28)/t18-/m1/s1. The van der Waals surface area contributed by atoms with Gasteiger partial charge in [0.15, 0.2) is 0 Å². The van der Waals surface area contributed by atoms with Crippen LogP contribution >= 0.6 is 11.6 Å². The number of hydrogen-bond acceptors (Lipinski definition) is 3. The van der Waals surface area contributed by atoms with Gasteiger partial charge < -0.3 is 5.32 Å². The third-order valence-corrected chi connectivity index (χ3v) is 6.39. The van der Waals surface area contributed by atoms with Crippen LogP contribution in [-0.2, 0) is 16.6 Å². The fourth-order valence-corrected chi connectivity index (χ4v) is 4.20. The van der Waals surface area contributed by atoms with E-state index in [1.54, 1.807) is 48.5 Å². The number of anilines is 1. The predicted octanol–water partition coefficient (Wildman–Crippen LogP) is 4.84. The van der Waals surface area contributed by atoms with E-state index in [1.165, 1.54) is 4.31 Å². The quantitative estimate of drug-likeness (QED) is 0.527. The van der Waals surface area contributed by atoms with E-state index < -0.39 is 10.0 Å². The molecule has 0 spiro atoms. The van der Waals surface area contributed by atoms with E-state index in [1.807, 2.05) is 30.3 Å². The highest BCUT2D eigenvalue weighted by Crippen LogP contribution is 2.22. The molecule has 0 aliphatic rings. The highest BCUT2D eigenvalue weighted by atomic mass is 35.5. The maximum atomic E-state index is 12.5. The van der Waals surface area contributed by atoms with Crippen LogP contribution in [-0.4, -0.2) is 27.1 Å². The zero-order valence-electron chi connectivity index (χ0n) is 17.5. The van der Waals surface area contributed by atoms with Gasteiger partial charge in [0.05, 0.1) is 18.5 Å². The highest BCUT2D eigenvalue weighted by molar-refractivity contribution is 7.92. The molecule has 3 aromatic rings. The summed E-state index contributed by atoms with van der Waals surface area (Å²) in [5.41, 5.74) is 2.94. The molecule has 0 heterocycles. The Balaban J connectivity index is 1.69. The van der Waals surface area contributed by atoms with Crippen LogP contribution in [0.2, 0.25) is 5.02 Å². The van der Waals surface area contributed by atoms with Crippen molar-refractivity contribution in [1.29, 1.82) is 0 Å². The van der Waals surface area contributed by atoms with Crippen molar-refractivity contribution in [3.63, 3.8) is 0 Å². The molecular formula is C24H25ClN2O3S. The Bertz CT molecular complexity index is 1120. The number of sulfonamides is 1. The Labute approximate surface area is 188 Å². The summed E-state index contributed by atoms with van der Waals surface area (Å²) in [5.74, 6) is -0.0116. The molecule has 0 bridgehead atoms. The van der Waals surface area contributed by atoms with Crippen molar-refractivity contribution in [2.45, 2.75) is 19.4 Å². The van der Waals surface area contributed by atoms with Crippen molar-refractivity contribution in [3.05, 3.63) is 101 Å². The van der Waals surface area contributed by atoms with Crippen molar-refractivity contribution < 1.29 is 13.2 Å².